The molecule has 0 bridgehead atoms. The molecule has 0 spiro atoms. The number of hydrogen-bond acceptors (Lipinski definition) is 2. The highest BCUT2D eigenvalue weighted by atomic mass is 29.3. The fourth-order valence-corrected chi connectivity index (χ4v) is 23.6. The third-order valence-electron chi connectivity index (χ3n) is 6.32. The van der Waals surface area contributed by atoms with Crippen LogP contribution in [-0.2, 0) is 8.23 Å². The molecule has 0 aliphatic heterocycles. The van der Waals surface area contributed by atoms with Crippen molar-refractivity contribution in [1.29, 1.82) is 0 Å². The first kappa shape index (κ1) is 25.7. The Balaban J connectivity index is 2.70. The zero-order valence-electron chi connectivity index (χ0n) is 20.2. The van der Waals surface area contributed by atoms with Crippen molar-refractivity contribution < 1.29 is 8.23 Å². The van der Waals surface area contributed by atoms with Crippen LogP contribution in [0.3, 0.4) is 0 Å². The number of allylic oxidation sites excluding steroid dienone is 1. The van der Waals surface area contributed by atoms with E-state index in [1.54, 1.807) is 0 Å². The zero-order chi connectivity index (χ0) is 23.3. The molecule has 6 heteroatoms. The molecule has 0 N–H and O–H groups in total. The Kier molecular flexibility index (Phi) is 8.60. The average Bonchev–Trinajstić information content (AvgIpc) is 2.74. The summed E-state index contributed by atoms with van der Waals surface area (Å²) in [6.07, 6.45) is 0. The van der Waals surface area contributed by atoms with E-state index in [4.69, 9.17) is 8.23 Å². The van der Waals surface area contributed by atoms with Gasteiger partial charge in [0.2, 0.25) is 0 Å². The lowest BCUT2D eigenvalue weighted by Crippen LogP contribution is -2.62. The van der Waals surface area contributed by atoms with Crippen LogP contribution in [0.5, 0.6) is 0 Å². The van der Waals surface area contributed by atoms with Gasteiger partial charge < -0.3 is 8.23 Å². The van der Waals surface area contributed by atoms with Gasteiger partial charge in [0.25, 0.3) is 9.28 Å². The lowest BCUT2D eigenvalue weighted by Gasteiger charge is -2.43. The van der Waals surface area contributed by atoms with E-state index >= 15 is 0 Å². The Bertz CT molecular complexity index is 882. The minimum atomic E-state index is -2.36. The predicted molar refractivity (Wildman–Crippen MR) is 147 cm³/mol. The fraction of sp³-hybridized carbons (Fsp3) is 0.280. The third kappa shape index (κ3) is 6.03. The molecular weight excluding hydrogens is 445 g/mol. The number of benzene rings is 2. The summed E-state index contributed by atoms with van der Waals surface area (Å²) in [4.78, 5) is 0. The second-order valence-corrected chi connectivity index (χ2v) is 29.3. The SMILES string of the molecule is C=C[Si](C)(C)O[SiH](C)O[Si](C)(C(C)=C(c1ccccc1)c1ccccc1)[Si](C)(C)C=C. The molecule has 0 saturated heterocycles. The van der Waals surface area contributed by atoms with Crippen LogP contribution in [0.25, 0.3) is 5.57 Å². The second-order valence-electron chi connectivity index (χ2n) is 9.30. The largest absolute Gasteiger partial charge is 0.437 e. The molecule has 0 aliphatic carbocycles. The van der Waals surface area contributed by atoms with E-state index < -0.39 is 33.0 Å². The van der Waals surface area contributed by atoms with Gasteiger partial charge in [-0.2, -0.15) is 0 Å². The van der Waals surface area contributed by atoms with E-state index in [1.807, 2.05) is 5.70 Å². The summed E-state index contributed by atoms with van der Waals surface area (Å²) in [5, 5.41) is 1.38. The van der Waals surface area contributed by atoms with Gasteiger partial charge in [0.15, 0.2) is 16.2 Å². The Hall–Kier alpha value is -1.55. The molecule has 0 radical (unpaired) electrons. The summed E-state index contributed by atoms with van der Waals surface area (Å²) in [6, 6.07) is 21.4. The van der Waals surface area contributed by atoms with E-state index in [0.29, 0.717) is 0 Å². The summed E-state index contributed by atoms with van der Waals surface area (Å²) >= 11 is 0. The molecule has 166 valence electrons. The fourth-order valence-electron chi connectivity index (χ4n) is 3.80. The minimum Gasteiger partial charge on any atom is -0.437 e. The lowest BCUT2D eigenvalue weighted by atomic mass is 9.98. The monoisotopic (exact) mass is 482 g/mol. The van der Waals surface area contributed by atoms with Crippen LogP contribution < -0.4 is 0 Å². The van der Waals surface area contributed by atoms with Gasteiger partial charge in [-0.05, 0) is 49.8 Å². The molecule has 0 fully saturated rings. The molecule has 2 rings (SSSR count). The van der Waals surface area contributed by atoms with Gasteiger partial charge in [-0.1, -0.05) is 84.7 Å². The molecular formula is C25H38O2Si4. The van der Waals surface area contributed by atoms with E-state index in [2.05, 4.69) is 126 Å². The Morgan fingerprint density at radius 3 is 1.61 bits per heavy atom. The van der Waals surface area contributed by atoms with Gasteiger partial charge in [0, 0.05) is 0 Å². The Morgan fingerprint density at radius 2 is 1.23 bits per heavy atom. The first-order valence-electron chi connectivity index (χ1n) is 10.9. The summed E-state index contributed by atoms with van der Waals surface area (Å²) < 4.78 is 13.6. The summed E-state index contributed by atoms with van der Waals surface area (Å²) in [5.74, 6) is 0. The van der Waals surface area contributed by atoms with Gasteiger partial charge in [-0.25, -0.2) is 0 Å². The first-order valence-corrected chi connectivity index (χ1v) is 22.5. The second kappa shape index (κ2) is 10.4. The van der Waals surface area contributed by atoms with Gasteiger partial charge >= 0.3 is 0 Å². The lowest BCUT2D eigenvalue weighted by molar-refractivity contribution is 0.436. The van der Waals surface area contributed by atoms with Crippen molar-refractivity contribution in [2.45, 2.75) is 46.2 Å². The first-order chi connectivity index (χ1) is 14.5. The van der Waals surface area contributed by atoms with Crippen LogP contribution >= 0.6 is 0 Å². The van der Waals surface area contributed by atoms with Crippen LogP contribution in [0.1, 0.15) is 18.1 Å². The molecule has 2 aromatic carbocycles. The highest BCUT2D eigenvalue weighted by Crippen LogP contribution is 2.37. The predicted octanol–water partition coefficient (Wildman–Crippen LogP) is 6.95. The van der Waals surface area contributed by atoms with E-state index in [0.717, 1.165) is 0 Å². The molecule has 0 aromatic heterocycles. The molecule has 2 nitrogen and oxygen atoms in total. The van der Waals surface area contributed by atoms with Crippen molar-refractivity contribution in [3.63, 3.8) is 0 Å². The number of hydrogen-bond donors (Lipinski definition) is 0. The molecule has 0 heterocycles. The maximum atomic E-state index is 7.09. The van der Waals surface area contributed by atoms with Crippen molar-refractivity contribution >= 4 is 38.6 Å². The molecule has 0 saturated carbocycles. The summed E-state index contributed by atoms with van der Waals surface area (Å²) in [6.45, 7) is 24.2. The molecule has 2 unspecified atom stereocenters. The van der Waals surface area contributed by atoms with Crippen molar-refractivity contribution in [2.75, 3.05) is 0 Å². The number of rotatable bonds is 10. The van der Waals surface area contributed by atoms with Gasteiger partial charge in [0.1, 0.15) is 0 Å². The van der Waals surface area contributed by atoms with Crippen molar-refractivity contribution in [3.8, 4) is 0 Å². The van der Waals surface area contributed by atoms with Crippen LogP contribution in [-0.4, -0.2) is 33.0 Å². The molecule has 2 aromatic rings. The maximum Gasteiger partial charge on any atom is 0.297 e. The maximum absolute atomic E-state index is 7.09. The smallest absolute Gasteiger partial charge is 0.297 e. The standard InChI is InChI=1S/C25H38O2Si4/c1-10-29(5,6)26-28(4)27-31(9,30(7,8)11-2)22(3)25(23-18-14-12-15-19-23)24-20-16-13-17-21-24/h10-21,28H,1-2H2,3-9H3. The third-order valence-corrected chi connectivity index (χ3v) is 29.6. The van der Waals surface area contributed by atoms with Crippen LogP contribution in [0.4, 0.5) is 0 Å². The van der Waals surface area contributed by atoms with Crippen LogP contribution in [0.15, 0.2) is 90.4 Å². The molecule has 0 aliphatic rings. The van der Waals surface area contributed by atoms with E-state index in [9.17, 15) is 0 Å². The van der Waals surface area contributed by atoms with Crippen molar-refractivity contribution in [3.05, 3.63) is 102 Å². The zero-order valence-corrected chi connectivity index (χ0v) is 24.4. The summed E-state index contributed by atoms with van der Waals surface area (Å²) in [7, 11) is -8.03. The van der Waals surface area contributed by atoms with E-state index in [1.165, 1.54) is 21.9 Å². The van der Waals surface area contributed by atoms with Crippen LogP contribution in [0.2, 0.25) is 39.3 Å². The molecule has 2 atom stereocenters. The van der Waals surface area contributed by atoms with Gasteiger partial charge in [0.05, 0.1) is 7.59 Å². The minimum absolute atomic E-state index is 1.23. The van der Waals surface area contributed by atoms with E-state index in [-0.39, 0.29) is 0 Å². The average molecular weight is 483 g/mol. The topological polar surface area (TPSA) is 18.5 Å². The highest BCUT2D eigenvalue weighted by Gasteiger charge is 2.49. The van der Waals surface area contributed by atoms with Crippen LogP contribution in [0, 0.1) is 0 Å². The van der Waals surface area contributed by atoms with Crippen molar-refractivity contribution in [1.82, 2.24) is 0 Å². The Labute approximate surface area is 194 Å². The quantitative estimate of drug-likeness (QED) is 0.341. The molecule has 0 amide bonds. The van der Waals surface area contributed by atoms with Gasteiger partial charge in [-0.3, -0.25) is 0 Å². The van der Waals surface area contributed by atoms with Crippen molar-refractivity contribution in [2.24, 2.45) is 0 Å². The molecule has 31 heavy (non-hydrogen) atoms. The highest BCUT2D eigenvalue weighted by molar-refractivity contribution is 7.44. The summed E-state index contributed by atoms with van der Waals surface area (Å²) in [5.41, 5.74) is 7.96. The van der Waals surface area contributed by atoms with Gasteiger partial charge in [-0.15, -0.1) is 18.9 Å². The Morgan fingerprint density at radius 1 is 0.774 bits per heavy atom. The normalized spacial score (nSPS) is 14.9.